The molecule has 1 aromatic carbocycles. The normalized spacial score (nSPS) is 11.1. The van der Waals surface area contributed by atoms with Crippen molar-refractivity contribution >= 4 is 35.0 Å². The van der Waals surface area contributed by atoms with Gasteiger partial charge >= 0.3 is 12.2 Å². The third-order valence-electron chi connectivity index (χ3n) is 3.02. The Morgan fingerprint density at radius 1 is 1.35 bits per heavy atom. The number of hydrogen-bond donors (Lipinski definition) is 1. The van der Waals surface area contributed by atoms with Crippen molar-refractivity contribution in [3.05, 3.63) is 45.2 Å². The first kappa shape index (κ1) is 19.2. The van der Waals surface area contributed by atoms with Crippen LogP contribution >= 0.6 is 11.6 Å². The number of nitro benzene ring substituents is 1. The number of ether oxygens (including phenoxy) is 1. The van der Waals surface area contributed by atoms with Gasteiger partial charge in [-0.1, -0.05) is 23.7 Å². The molecule has 0 bridgehead atoms. The number of methoxy groups -OCH3 is 1. The van der Waals surface area contributed by atoms with Gasteiger partial charge in [0.15, 0.2) is 16.6 Å². The van der Waals surface area contributed by atoms with E-state index in [1.54, 1.807) is 0 Å². The summed E-state index contributed by atoms with van der Waals surface area (Å²) in [6, 6.07) is 3.38. The maximum absolute atomic E-state index is 13.2. The number of primary amides is 1. The van der Waals surface area contributed by atoms with Gasteiger partial charge in [0.1, 0.15) is 5.69 Å². The highest BCUT2D eigenvalue weighted by Gasteiger charge is 2.40. The Morgan fingerprint density at radius 3 is 2.46 bits per heavy atom. The molecule has 138 valence electrons. The summed E-state index contributed by atoms with van der Waals surface area (Å²) >= 11 is 5.69. The molecule has 2 N–H and O–H groups in total. The second-order valence-corrected chi connectivity index (χ2v) is 4.97. The fourth-order valence-corrected chi connectivity index (χ4v) is 2.26. The molecule has 0 fully saturated rings. The summed E-state index contributed by atoms with van der Waals surface area (Å²) in [5.41, 5.74) is 2.58. The molecule has 0 saturated heterocycles. The molecule has 0 radical (unpaired) electrons. The topological polar surface area (TPSA) is 124 Å². The number of aromatic nitrogens is 2. The molecule has 2 amide bonds. The Hall–Kier alpha value is -3.15. The summed E-state index contributed by atoms with van der Waals surface area (Å²) in [5, 5.41) is 10.4. The Bertz CT molecular complexity index is 877. The fraction of sp³-hybridized carbons (Fsp3) is 0.154. The minimum Gasteiger partial charge on any atom is -0.491 e. The number of nitrogens with zero attached hydrogens (tertiary/aromatic N) is 4. The van der Waals surface area contributed by atoms with Crippen molar-refractivity contribution in [1.82, 2.24) is 9.97 Å². The van der Waals surface area contributed by atoms with Gasteiger partial charge in [-0.05, 0) is 6.07 Å². The SMILES string of the molecule is COc1c(Cl)nc(N(C(N)=O)c2ccccc2[N+](=O)[O-])nc1C(F)(F)F. The van der Waals surface area contributed by atoms with E-state index < -0.39 is 51.1 Å². The first-order valence-corrected chi connectivity index (χ1v) is 6.97. The lowest BCUT2D eigenvalue weighted by molar-refractivity contribution is -0.384. The van der Waals surface area contributed by atoms with Gasteiger partial charge in [0.2, 0.25) is 5.95 Å². The Balaban J connectivity index is 2.76. The molecule has 9 nitrogen and oxygen atoms in total. The summed E-state index contributed by atoms with van der Waals surface area (Å²) in [6.45, 7) is 0. The number of anilines is 2. The van der Waals surface area contributed by atoms with E-state index in [-0.39, 0.29) is 0 Å². The van der Waals surface area contributed by atoms with E-state index in [2.05, 4.69) is 14.7 Å². The monoisotopic (exact) mass is 391 g/mol. The van der Waals surface area contributed by atoms with Crippen LogP contribution in [0.25, 0.3) is 0 Å². The molecule has 26 heavy (non-hydrogen) atoms. The number of carbonyl (C=O) groups is 1. The number of halogens is 4. The summed E-state index contributed by atoms with van der Waals surface area (Å²) in [6.07, 6.45) is -5.00. The molecule has 13 heteroatoms. The molecule has 0 spiro atoms. The number of urea groups is 1. The lowest BCUT2D eigenvalue weighted by Crippen LogP contribution is -2.34. The van der Waals surface area contributed by atoms with Crippen molar-refractivity contribution in [1.29, 1.82) is 0 Å². The number of rotatable bonds is 4. The van der Waals surface area contributed by atoms with Gasteiger partial charge in [-0.15, -0.1) is 0 Å². The van der Waals surface area contributed by atoms with Gasteiger partial charge in [-0.3, -0.25) is 10.1 Å². The highest BCUT2D eigenvalue weighted by Crippen LogP contribution is 2.40. The van der Waals surface area contributed by atoms with E-state index in [9.17, 15) is 28.1 Å². The largest absolute Gasteiger partial charge is 0.491 e. The molecule has 0 aliphatic rings. The van der Waals surface area contributed by atoms with Gasteiger partial charge in [0.25, 0.3) is 5.69 Å². The van der Waals surface area contributed by atoms with Gasteiger partial charge in [-0.25, -0.2) is 14.7 Å². The summed E-state index contributed by atoms with van der Waals surface area (Å²) < 4.78 is 44.1. The average Bonchev–Trinajstić information content (AvgIpc) is 2.53. The van der Waals surface area contributed by atoms with Crippen molar-refractivity contribution in [3.8, 4) is 5.75 Å². The Morgan fingerprint density at radius 2 is 1.96 bits per heavy atom. The van der Waals surface area contributed by atoms with Crippen LogP contribution in [0.1, 0.15) is 5.69 Å². The second kappa shape index (κ2) is 7.00. The van der Waals surface area contributed by atoms with Crippen LogP contribution in [0.2, 0.25) is 5.15 Å². The average molecular weight is 392 g/mol. The first-order valence-electron chi connectivity index (χ1n) is 6.59. The zero-order chi connectivity index (χ0) is 19.6. The van der Waals surface area contributed by atoms with Crippen LogP contribution in [0.4, 0.5) is 35.3 Å². The molecule has 0 aliphatic carbocycles. The van der Waals surface area contributed by atoms with Gasteiger partial charge in [0.05, 0.1) is 12.0 Å². The predicted molar refractivity (Wildman–Crippen MR) is 83.4 cm³/mol. The number of alkyl halides is 3. The van der Waals surface area contributed by atoms with Crippen LogP contribution in [0.5, 0.6) is 5.75 Å². The zero-order valence-corrected chi connectivity index (χ0v) is 13.6. The number of benzene rings is 1. The molecule has 0 atom stereocenters. The van der Waals surface area contributed by atoms with E-state index in [0.717, 1.165) is 19.2 Å². The maximum atomic E-state index is 13.2. The lowest BCUT2D eigenvalue weighted by atomic mass is 10.2. The van der Waals surface area contributed by atoms with Crippen molar-refractivity contribution in [2.24, 2.45) is 5.73 Å². The van der Waals surface area contributed by atoms with Crippen LogP contribution in [0.3, 0.4) is 0 Å². The quantitative estimate of drug-likeness (QED) is 0.484. The minimum absolute atomic E-state index is 0.346. The molecule has 2 rings (SSSR count). The van der Waals surface area contributed by atoms with E-state index in [4.69, 9.17) is 17.3 Å². The number of para-hydroxylation sites is 2. The van der Waals surface area contributed by atoms with Crippen LogP contribution in [0, 0.1) is 10.1 Å². The number of carbonyl (C=O) groups excluding carboxylic acids is 1. The standard InChI is InChI=1S/C13H9ClF3N5O4/c1-26-8-9(13(15,16)17)19-12(20-10(8)14)21(11(18)23)6-4-2-3-5-7(6)22(24)25/h2-5H,1H3,(H2,18,23). The van der Waals surface area contributed by atoms with E-state index in [0.29, 0.717) is 4.90 Å². The van der Waals surface area contributed by atoms with Crippen LogP contribution < -0.4 is 15.4 Å². The molecule has 2 aromatic rings. The predicted octanol–water partition coefficient (Wildman–Crippen LogP) is 3.28. The van der Waals surface area contributed by atoms with Crippen molar-refractivity contribution in [2.45, 2.75) is 6.18 Å². The number of amides is 2. The molecular weight excluding hydrogens is 383 g/mol. The van der Waals surface area contributed by atoms with E-state index in [1.165, 1.54) is 12.1 Å². The first-order chi connectivity index (χ1) is 12.1. The van der Waals surface area contributed by atoms with Crippen molar-refractivity contribution in [2.75, 3.05) is 12.0 Å². The van der Waals surface area contributed by atoms with Gasteiger partial charge in [0, 0.05) is 6.07 Å². The molecule has 0 unspecified atom stereocenters. The third kappa shape index (κ3) is 3.59. The number of nitro groups is 1. The van der Waals surface area contributed by atoms with Crippen molar-refractivity contribution in [3.63, 3.8) is 0 Å². The third-order valence-corrected chi connectivity index (χ3v) is 3.28. The number of nitrogens with two attached hydrogens (primary N) is 1. The minimum atomic E-state index is -5.00. The molecular formula is C13H9ClF3N5O4. The lowest BCUT2D eigenvalue weighted by Gasteiger charge is -2.20. The number of hydrogen-bond acceptors (Lipinski definition) is 6. The Labute approximate surface area is 148 Å². The molecule has 1 heterocycles. The van der Waals surface area contributed by atoms with Gasteiger partial charge < -0.3 is 10.5 Å². The summed E-state index contributed by atoms with van der Waals surface area (Å²) in [5.74, 6) is -1.76. The van der Waals surface area contributed by atoms with Crippen LogP contribution in [-0.2, 0) is 6.18 Å². The highest BCUT2D eigenvalue weighted by molar-refractivity contribution is 6.31. The summed E-state index contributed by atoms with van der Waals surface area (Å²) in [7, 11) is 0.924. The molecule has 0 saturated carbocycles. The van der Waals surface area contributed by atoms with Crippen molar-refractivity contribution < 1.29 is 27.6 Å². The van der Waals surface area contributed by atoms with Crippen LogP contribution in [-0.4, -0.2) is 28.0 Å². The van der Waals surface area contributed by atoms with Gasteiger partial charge in [-0.2, -0.15) is 18.2 Å². The van der Waals surface area contributed by atoms with E-state index in [1.807, 2.05) is 0 Å². The molecule has 0 aliphatic heterocycles. The van der Waals surface area contributed by atoms with E-state index >= 15 is 0 Å². The Kier molecular flexibility index (Phi) is 5.16. The maximum Gasteiger partial charge on any atom is 0.437 e. The molecule has 1 aromatic heterocycles. The highest BCUT2D eigenvalue weighted by atomic mass is 35.5. The van der Waals surface area contributed by atoms with Crippen LogP contribution in [0.15, 0.2) is 24.3 Å². The smallest absolute Gasteiger partial charge is 0.437 e. The zero-order valence-electron chi connectivity index (χ0n) is 12.8. The second-order valence-electron chi connectivity index (χ2n) is 4.61. The fourth-order valence-electron chi connectivity index (χ4n) is 2.02. The summed E-state index contributed by atoms with van der Waals surface area (Å²) in [4.78, 5) is 29.2.